The topological polar surface area (TPSA) is 85.3 Å². The number of esters is 1. The van der Waals surface area contributed by atoms with Crippen LogP contribution in [0.5, 0.6) is 5.75 Å². The molecule has 1 aliphatic carbocycles. The third-order valence-electron chi connectivity index (χ3n) is 3.43. The number of anilines is 1. The molecule has 1 aliphatic rings. The minimum absolute atomic E-state index is 0.127. The van der Waals surface area contributed by atoms with Crippen LogP contribution >= 0.6 is 0 Å². The zero-order valence-electron chi connectivity index (χ0n) is 10.8. The van der Waals surface area contributed by atoms with Gasteiger partial charge in [-0.15, -0.1) is 0 Å². The van der Waals surface area contributed by atoms with Crippen molar-refractivity contribution in [2.75, 3.05) is 19.5 Å². The molecule has 0 bridgehead atoms. The van der Waals surface area contributed by atoms with E-state index in [0.29, 0.717) is 17.7 Å². The molecule has 0 heterocycles. The highest BCUT2D eigenvalue weighted by Gasteiger charge is 2.43. The number of hydrogen-bond donors (Lipinski definition) is 1. The molecule has 2 N–H and O–H groups in total. The van der Waals surface area contributed by atoms with E-state index in [1.807, 2.05) is 0 Å². The maximum atomic E-state index is 12.0. The maximum Gasteiger partial charge on any atom is 0.340 e. The number of carbonyl (C=O) groups excluding carboxylic acids is 1. The fourth-order valence-electron chi connectivity index (χ4n) is 1.91. The Kier molecular flexibility index (Phi) is 3.61. The number of para-hydroxylation sites is 1. The van der Waals surface area contributed by atoms with Gasteiger partial charge in [0, 0.05) is 11.8 Å². The van der Waals surface area contributed by atoms with Crippen LogP contribution in [-0.2, 0) is 4.74 Å². The molecule has 0 atom stereocenters. The lowest BCUT2D eigenvalue weighted by Gasteiger charge is -2.13. The normalized spacial score (nSPS) is 15.4. The molecule has 1 fully saturated rings. The molecule has 0 spiro atoms. The molecule has 5 nitrogen and oxygen atoms in total. The van der Waals surface area contributed by atoms with E-state index >= 15 is 0 Å². The number of nitriles is 1. The lowest BCUT2D eigenvalue weighted by atomic mass is 10.1. The summed E-state index contributed by atoms with van der Waals surface area (Å²) >= 11 is 0. The van der Waals surface area contributed by atoms with Crippen LogP contribution in [0.25, 0.3) is 0 Å². The summed E-state index contributed by atoms with van der Waals surface area (Å²) in [6, 6.07) is 7.10. The van der Waals surface area contributed by atoms with Crippen LogP contribution in [0.15, 0.2) is 18.2 Å². The number of ether oxygens (including phenoxy) is 2. The van der Waals surface area contributed by atoms with E-state index in [0.717, 1.165) is 12.8 Å². The first-order valence-electron chi connectivity index (χ1n) is 6.08. The first kappa shape index (κ1) is 13.2. The van der Waals surface area contributed by atoms with E-state index in [1.165, 1.54) is 7.11 Å². The molecule has 5 heteroatoms. The Morgan fingerprint density at radius 1 is 1.53 bits per heavy atom. The van der Waals surface area contributed by atoms with E-state index in [9.17, 15) is 4.79 Å². The monoisotopic (exact) mass is 260 g/mol. The fraction of sp³-hybridized carbons (Fsp3) is 0.429. The zero-order chi connectivity index (χ0) is 13.9. The molecule has 19 heavy (non-hydrogen) atoms. The molecule has 0 saturated heterocycles. The van der Waals surface area contributed by atoms with Crippen LogP contribution in [0.2, 0.25) is 0 Å². The second kappa shape index (κ2) is 5.19. The van der Waals surface area contributed by atoms with Crippen LogP contribution < -0.4 is 10.5 Å². The van der Waals surface area contributed by atoms with E-state index in [4.69, 9.17) is 20.5 Å². The highest BCUT2D eigenvalue weighted by Crippen LogP contribution is 2.48. The predicted octanol–water partition coefficient (Wildman–Crippen LogP) is 2.13. The number of nitrogens with zero attached hydrogens (tertiary/aromatic N) is 1. The first-order valence-corrected chi connectivity index (χ1v) is 6.08. The van der Waals surface area contributed by atoms with Crippen LogP contribution in [0, 0.1) is 16.7 Å². The highest BCUT2D eigenvalue weighted by atomic mass is 16.5. The molecule has 2 rings (SSSR count). The smallest absolute Gasteiger partial charge is 0.340 e. The number of benzene rings is 1. The van der Waals surface area contributed by atoms with Gasteiger partial charge in [-0.25, -0.2) is 4.79 Å². The Balaban J connectivity index is 2.03. The van der Waals surface area contributed by atoms with Crippen molar-refractivity contribution in [3.05, 3.63) is 23.8 Å². The summed E-state index contributed by atoms with van der Waals surface area (Å²) in [5.74, 6) is -0.0202. The van der Waals surface area contributed by atoms with Crippen LogP contribution in [-0.4, -0.2) is 19.7 Å². The van der Waals surface area contributed by atoms with Crippen molar-refractivity contribution in [2.24, 2.45) is 5.41 Å². The average Bonchev–Trinajstić information content (AvgIpc) is 3.17. The standard InChI is InChI=1S/C14H16N2O3/c1-18-11-4-2-3-10(12(11)16)13(17)19-9-14(5-6-14)7-8-15/h2-4H,5-7,9,16H2,1H3. The third kappa shape index (κ3) is 2.79. The summed E-state index contributed by atoms with van der Waals surface area (Å²) in [5.41, 5.74) is 6.28. The van der Waals surface area contributed by atoms with Crippen molar-refractivity contribution < 1.29 is 14.3 Å². The lowest BCUT2D eigenvalue weighted by Crippen LogP contribution is -2.16. The minimum Gasteiger partial charge on any atom is -0.495 e. The molecule has 1 aromatic carbocycles. The molecule has 0 amide bonds. The van der Waals surface area contributed by atoms with Gasteiger partial charge < -0.3 is 15.2 Å². The Bertz CT molecular complexity index is 530. The maximum absolute atomic E-state index is 12.0. The number of rotatable bonds is 5. The van der Waals surface area contributed by atoms with Crippen molar-refractivity contribution in [2.45, 2.75) is 19.3 Å². The van der Waals surface area contributed by atoms with Gasteiger partial charge in [-0.3, -0.25) is 0 Å². The van der Waals surface area contributed by atoms with Crippen LogP contribution in [0.4, 0.5) is 5.69 Å². The van der Waals surface area contributed by atoms with E-state index in [2.05, 4.69) is 6.07 Å². The van der Waals surface area contributed by atoms with Gasteiger partial charge in [0.15, 0.2) is 0 Å². The number of methoxy groups -OCH3 is 1. The van der Waals surface area contributed by atoms with Gasteiger partial charge >= 0.3 is 5.97 Å². The van der Waals surface area contributed by atoms with Crippen LogP contribution in [0.1, 0.15) is 29.6 Å². The largest absolute Gasteiger partial charge is 0.495 e. The minimum atomic E-state index is -0.472. The SMILES string of the molecule is COc1cccc(C(=O)OCC2(CC#N)CC2)c1N. The molecule has 0 unspecified atom stereocenters. The predicted molar refractivity (Wildman–Crippen MR) is 69.6 cm³/mol. The van der Waals surface area contributed by atoms with Crippen molar-refractivity contribution in [3.8, 4) is 11.8 Å². The third-order valence-corrected chi connectivity index (χ3v) is 3.43. The summed E-state index contributed by atoms with van der Waals surface area (Å²) in [6.45, 7) is 0.274. The van der Waals surface area contributed by atoms with Crippen molar-refractivity contribution in [1.82, 2.24) is 0 Å². The van der Waals surface area contributed by atoms with E-state index in [-0.39, 0.29) is 17.7 Å². The Labute approximate surface area is 111 Å². The fourth-order valence-corrected chi connectivity index (χ4v) is 1.91. The van der Waals surface area contributed by atoms with Gasteiger partial charge in [-0.1, -0.05) is 6.07 Å². The second-order valence-electron chi connectivity index (χ2n) is 4.83. The molecule has 1 aromatic rings. The van der Waals surface area contributed by atoms with Crippen molar-refractivity contribution >= 4 is 11.7 Å². The first-order chi connectivity index (χ1) is 9.12. The van der Waals surface area contributed by atoms with Crippen molar-refractivity contribution in [3.63, 3.8) is 0 Å². The lowest BCUT2D eigenvalue weighted by molar-refractivity contribution is 0.0420. The Hall–Kier alpha value is -2.22. The number of hydrogen-bond acceptors (Lipinski definition) is 5. The number of nitrogens with two attached hydrogens (primary N) is 1. The van der Waals surface area contributed by atoms with Gasteiger partial charge in [0.25, 0.3) is 0 Å². The summed E-state index contributed by atoms with van der Waals surface area (Å²) in [5, 5.41) is 8.71. The quantitative estimate of drug-likeness (QED) is 0.647. The summed E-state index contributed by atoms with van der Waals surface area (Å²) in [7, 11) is 1.49. The summed E-state index contributed by atoms with van der Waals surface area (Å²) in [6.07, 6.45) is 2.29. The summed E-state index contributed by atoms with van der Waals surface area (Å²) < 4.78 is 10.3. The van der Waals surface area contributed by atoms with E-state index in [1.54, 1.807) is 18.2 Å². The van der Waals surface area contributed by atoms with Gasteiger partial charge in [0.05, 0.1) is 31.0 Å². The molecule has 0 aliphatic heterocycles. The molecule has 0 aromatic heterocycles. The van der Waals surface area contributed by atoms with Gasteiger partial charge in [-0.2, -0.15) is 5.26 Å². The molecular formula is C14H16N2O3. The average molecular weight is 260 g/mol. The molecule has 100 valence electrons. The zero-order valence-corrected chi connectivity index (χ0v) is 10.8. The summed E-state index contributed by atoms with van der Waals surface area (Å²) in [4.78, 5) is 12.0. The van der Waals surface area contributed by atoms with E-state index < -0.39 is 5.97 Å². The molecule has 1 saturated carbocycles. The Morgan fingerprint density at radius 3 is 2.84 bits per heavy atom. The second-order valence-corrected chi connectivity index (χ2v) is 4.83. The molecule has 0 radical (unpaired) electrons. The van der Waals surface area contributed by atoms with Gasteiger partial charge in [0.2, 0.25) is 0 Å². The van der Waals surface area contributed by atoms with Gasteiger partial charge in [-0.05, 0) is 25.0 Å². The highest BCUT2D eigenvalue weighted by molar-refractivity contribution is 5.96. The van der Waals surface area contributed by atoms with Crippen molar-refractivity contribution in [1.29, 1.82) is 5.26 Å². The number of carbonyl (C=O) groups is 1. The molecular weight excluding hydrogens is 244 g/mol. The Morgan fingerprint density at radius 2 is 2.26 bits per heavy atom. The van der Waals surface area contributed by atoms with Gasteiger partial charge in [0.1, 0.15) is 5.75 Å². The number of nitrogen functional groups attached to an aromatic ring is 1. The van der Waals surface area contributed by atoms with Crippen LogP contribution in [0.3, 0.4) is 0 Å².